The zero-order chi connectivity index (χ0) is 19.7. The molecule has 0 saturated carbocycles. The van der Waals surface area contributed by atoms with E-state index in [2.05, 4.69) is 43.4 Å². The molecule has 144 valence electrons. The summed E-state index contributed by atoms with van der Waals surface area (Å²) < 4.78 is 0. The maximum Gasteiger partial charge on any atom is 0.322 e. The number of anilines is 1. The molecule has 4 rings (SSSR count). The second kappa shape index (κ2) is 7.80. The molecule has 3 aromatic rings. The van der Waals surface area contributed by atoms with Gasteiger partial charge in [0, 0.05) is 22.0 Å². The number of rotatable bonds is 3. The van der Waals surface area contributed by atoms with E-state index < -0.39 is 0 Å². The number of nitrogens with zero attached hydrogens (tertiary/aromatic N) is 1. The fraction of sp³-hybridized carbons (Fsp3) is 0.292. The first-order valence-corrected chi connectivity index (χ1v) is 10.7. The molecule has 4 heteroatoms. The van der Waals surface area contributed by atoms with Crippen molar-refractivity contribution in [3.63, 3.8) is 0 Å². The van der Waals surface area contributed by atoms with Crippen LogP contribution in [0.25, 0.3) is 0 Å². The molecule has 0 bridgehead atoms. The molecule has 0 saturated heterocycles. The predicted octanol–water partition coefficient (Wildman–Crippen LogP) is 6.11. The van der Waals surface area contributed by atoms with Crippen molar-refractivity contribution in [3.05, 3.63) is 86.6 Å². The minimum atomic E-state index is -0.0331. The Hall–Kier alpha value is -2.59. The first-order chi connectivity index (χ1) is 13.6. The highest BCUT2D eigenvalue weighted by Gasteiger charge is 2.35. The SMILES string of the molecule is CCc1c(C)sc2c1CCN(C(=O)Nc1cccc(C)c1)C2c1ccccc1. The largest absolute Gasteiger partial charge is 0.322 e. The Morgan fingerprint density at radius 3 is 2.64 bits per heavy atom. The lowest BCUT2D eigenvalue weighted by atomic mass is 9.92. The Labute approximate surface area is 171 Å². The van der Waals surface area contributed by atoms with Crippen LogP contribution < -0.4 is 5.32 Å². The predicted molar refractivity (Wildman–Crippen MR) is 117 cm³/mol. The average Bonchev–Trinajstić information content (AvgIpc) is 3.02. The van der Waals surface area contributed by atoms with Gasteiger partial charge in [0.05, 0.1) is 6.04 Å². The molecule has 1 aliphatic heterocycles. The van der Waals surface area contributed by atoms with Crippen LogP contribution in [0.5, 0.6) is 0 Å². The molecule has 2 amide bonds. The second-order valence-corrected chi connectivity index (χ2v) is 8.65. The third-order valence-corrected chi connectivity index (χ3v) is 6.75. The van der Waals surface area contributed by atoms with Gasteiger partial charge in [0.1, 0.15) is 0 Å². The average molecular weight is 391 g/mol. The van der Waals surface area contributed by atoms with Gasteiger partial charge in [-0.1, -0.05) is 49.4 Å². The van der Waals surface area contributed by atoms with E-state index in [4.69, 9.17) is 0 Å². The number of benzene rings is 2. The first kappa shape index (κ1) is 18.8. The highest BCUT2D eigenvalue weighted by atomic mass is 32.1. The van der Waals surface area contributed by atoms with Crippen LogP contribution in [0.2, 0.25) is 0 Å². The van der Waals surface area contributed by atoms with Crippen LogP contribution in [-0.2, 0) is 12.8 Å². The van der Waals surface area contributed by atoms with Crippen LogP contribution in [0, 0.1) is 13.8 Å². The second-order valence-electron chi connectivity index (χ2n) is 7.39. The van der Waals surface area contributed by atoms with Crippen molar-refractivity contribution in [2.24, 2.45) is 0 Å². The van der Waals surface area contributed by atoms with Crippen molar-refractivity contribution < 1.29 is 4.79 Å². The quantitative estimate of drug-likeness (QED) is 0.575. The number of fused-ring (bicyclic) bond motifs is 1. The number of aryl methyl sites for hydroxylation is 2. The maximum atomic E-state index is 13.3. The zero-order valence-electron chi connectivity index (χ0n) is 16.7. The van der Waals surface area contributed by atoms with Gasteiger partial charge >= 0.3 is 6.03 Å². The van der Waals surface area contributed by atoms with E-state index in [1.807, 2.05) is 53.5 Å². The zero-order valence-corrected chi connectivity index (χ0v) is 17.5. The van der Waals surface area contributed by atoms with Crippen molar-refractivity contribution in [2.45, 2.75) is 39.7 Å². The molecule has 0 fully saturated rings. The van der Waals surface area contributed by atoms with E-state index >= 15 is 0 Å². The minimum absolute atomic E-state index is 0.0289. The normalized spacial score (nSPS) is 16.0. The number of hydrogen-bond acceptors (Lipinski definition) is 2. The molecule has 2 heterocycles. The van der Waals surface area contributed by atoms with E-state index in [-0.39, 0.29) is 12.1 Å². The van der Waals surface area contributed by atoms with Crippen molar-refractivity contribution in [2.75, 3.05) is 11.9 Å². The molecule has 2 aromatic carbocycles. The van der Waals surface area contributed by atoms with E-state index in [1.54, 1.807) is 0 Å². The summed E-state index contributed by atoms with van der Waals surface area (Å²) in [5, 5.41) is 3.11. The van der Waals surface area contributed by atoms with Gasteiger partial charge in [0.15, 0.2) is 0 Å². The summed E-state index contributed by atoms with van der Waals surface area (Å²) >= 11 is 1.85. The summed E-state index contributed by atoms with van der Waals surface area (Å²) in [7, 11) is 0. The van der Waals surface area contributed by atoms with E-state index in [9.17, 15) is 4.79 Å². The minimum Gasteiger partial charge on any atom is -0.312 e. The Morgan fingerprint density at radius 2 is 1.93 bits per heavy atom. The molecule has 1 unspecified atom stereocenters. The van der Waals surface area contributed by atoms with Crippen molar-refractivity contribution in [1.82, 2.24) is 4.90 Å². The van der Waals surface area contributed by atoms with Crippen LogP contribution >= 0.6 is 11.3 Å². The highest BCUT2D eigenvalue weighted by Crippen LogP contribution is 2.42. The molecule has 1 N–H and O–H groups in total. The van der Waals surface area contributed by atoms with E-state index in [0.29, 0.717) is 0 Å². The van der Waals surface area contributed by atoms with Crippen LogP contribution in [0.4, 0.5) is 10.5 Å². The van der Waals surface area contributed by atoms with Gasteiger partial charge in [-0.05, 0) is 61.1 Å². The standard InChI is InChI=1S/C24H26N2OS/c1-4-20-17(3)28-23-21(20)13-14-26(22(23)18-10-6-5-7-11-18)24(27)25-19-12-8-9-16(2)15-19/h5-12,15,22H,4,13-14H2,1-3H3,(H,25,27). The Bertz CT molecular complexity index is 993. The van der Waals surface area contributed by atoms with Gasteiger partial charge in [-0.3, -0.25) is 0 Å². The van der Waals surface area contributed by atoms with Crippen LogP contribution in [0.3, 0.4) is 0 Å². The maximum absolute atomic E-state index is 13.3. The first-order valence-electron chi connectivity index (χ1n) is 9.88. The summed E-state index contributed by atoms with van der Waals surface area (Å²) in [5.74, 6) is 0. The molecule has 0 spiro atoms. The highest BCUT2D eigenvalue weighted by molar-refractivity contribution is 7.12. The topological polar surface area (TPSA) is 32.3 Å². The number of carbonyl (C=O) groups excluding carboxylic acids is 1. The number of hydrogen-bond donors (Lipinski definition) is 1. The van der Waals surface area contributed by atoms with Crippen molar-refractivity contribution >= 4 is 23.1 Å². The van der Waals surface area contributed by atoms with Gasteiger partial charge < -0.3 is 10.2 Å². The number of amides is 2. The summed E-state index contributed by atoms with van der Waals surface area (Å²) in [4.78, 5) is 18.0. The third-order valence-electron chi connectivity index (χ3n) is 5.51. The Morgan fingerprint density at radius 1 is 1.14 bits per heavy atom. The Kier molecular flexibility index (Phi) is 5.23. The summed E-state index contributed by atoms with van der Waals surface area (Å²) in [6, 6.07) is 18.3. The Balaban J connectivity index is 1.72. The summed E-state index contributed by atoms with van der Waals surface area (Å²) in [5.41, 5.74) is 6.09. The molecular formula is C24H26N2OS. The molecule has 0 radical (unpaired) electrons. The van der Waals surface area contributed by atoms with E-state index in [1.165, 1.54) is 26.4 Å². The van der Waals surface area contributed by atoms with Gasteiger partial charge in [-0.15, -0.1) is 11.3 Å². The molecule has 1 aromatic heterocycles. The van der Waals surface area contributed by atoms with Crippen LogP contribution in [0.15, 0.2) is 54.6 Å². The number of thiophene rings is 1. The fourth-order valence-corrected chi connectivity index (χ4v) is 5.66. The number of carbonyl (C=O) groups is 1. The van der Waals surface area contributed by atoms with Crippen LogP contribution in [0.1, 0.15) is 45.0 Å². The summed E-state index contributed by atoms with van der Waals surface area (Å²) in [6.45, 7) is 7.20. The molecule has 1 aliphatic rings. The van der Waals surface area contributed by atoms with Gasteiger partial charge in [-0.25, -0.2) is 4.79 Å². The lowest BCUT2D eigenvalue weighted by Crippen LogP contribution is -2.42. The lowest BCUT2D eigenvalue weighted by molar-refractivity contribution is 0.195. The van der Waals surface area contributed by atoms with Gasteiger partial charge in [-0.2, -0.15) is 0 Å². The van der Waals surface area contributed by atoms with E-state index in [0.717, 1.165) is 30.6 Å². The smallest absolute Gasteiger partial charge is 0.312 e. The van der Waals surface area contributed by atoms with Crippen molar-refractivity contribution in [1.29, 1.82) is 0 Å². The monoisotopic (exact) mass is 390 g/mol. The van der Waals surface area contributed by atoms with Gasteiger partial charge in [0.25, 0.3) is 0 Å². The number of nitrogens with one attached hydrogen (secondary N) is 1. The summed E-state index contributed by atoms with van der Waals surface area (Å²) in [6.07, 6.45) is 1.97. The molecule has 1 atom stereocenters. The molecule has 28 heavy (non-hydrogen) atoms. The van der Waals surface area contributed by atoms with Gasteiger partial charge in [0.2, 0.25) is 0 Å². The van der Waals surface area contributed by atoms with Crippen molar-refractivity contribution in [3.8, 4) is 0 Å². The lowest BCUT2D eigenvalue weighted by Gasteiger charge is -2.36. The molecular weight excluding hydrogens is 364 g/mol. The third kappa shape index (κ3) is 3.45. The fourth-order valence-electron chi connectivity index (χ4n) is 4.21. The molecule has 0 aliphatic carbocycles. The number of urea groups is 1. The van der Waals surface area contributed by atoms with Crippen LogP contribution in [-0.4, -0.2) is 17.5 Å². The molecule has 3 nitrogen and oxygen atoms in total.